The molecule has 0 spiro atoms. The third-order valence-corrected chi connectivity index (χ3v) is 13.0. The van der Waals surface area contributed by atoms with Gasteiger partial charge >= 0.3 is 0 Å². The lowest BCUT2D eigenvalue weighted by Gasteiger charge is -2.45. The molecule has 6 aromatic rings. The van der Waals surface area contributed by atoms with Gasteiger partial charge in [0, 0.05) is 23.5 Å². The zero-order chi connectivity index (χ0) is 49.4. The maximum Gasteiger partial charge on any atom is 0.250 e. The average molecular weight is 967 g/mol. The van der Waals surface area contributed by atoms with Gasteiger partial charge in [-0.15, -0.1) is 0 Å². The number of fused-ring (bicyclic) bond motifs is 2. The number of hydrogen-bond acceptors (Lipinski definition) is 8. The number of carbonyl (C=O) groups is 2. The molecule has 2 aromatic heterocycles. The van der Waals surface area contributed by atoms with Crippen LogP contribution in [0.3, 0.4) is 0 Å². The van der Waals surface area contributed by atoms with E-state index in [1.54, 1.807) is 36.7 Å². The molecule has 0 bridgehead atoms. The Morgan fingerprint density at radius 2 is 0.957 bits per heavy atom. The standard InChI is InChI=1S/2C26H24F3N3O3/c2*1-15-11-31(14-30-15)22-6-3-16(8-24(22)34-2)7-17-4-5-19-12-35-13-23(32(19)26(17)33)18-9-20(27)25(29)21(28)10-18/h2*3,6-11,14,19,23H,4-5,12-13H2,1-2H3/b2*17-7+/t2*19-,23-/m10/s1. The van der Waals surface area contributed by atoms with E-state index in [2.05, 4.69) is 9.97 Å². The Kier molecular flexibility index (Phi) is 13.7. The van der Waals surface area contributed by atoms with Crippen molar-refractivity contribution in [3.8, 4) is 22.9 Å². The van der Waals surface area contributed by atoms with Crippen LogP contribution in [0.4, 0.5) is 26.3 Å². The molecule has 10 rings (SSSR count). The number of benzene rings is 4. The molecule has 0 saturated carbocycles. The van der Waals surface area contributed by atoms with Crippen LogP contribution in [0.1, 0.15) is 71.4 Å². The highest BCUT2D eigenvalue weighted by molar-refractivity contribution is 6.00. The van der Waals surface area contributed by atoms with Gasteiger partial charge in [-0.3, -0.25) is 9.59 Å². The van der Waals surface area contributed by atoms with Crippen molar-refractivity contribution in [2.24, 2.45) is 0 Å². The van der Waals surface area contributed by atoms with Crippen LogP contribution in [0.2, 0.25) is 0 Å². The van der Waals surface area contributed by atoms with Crippen LogP contribution < -0.4 is 9.47 Å². The molecule has 4 saturated heterocycles. The van der Waals surface area contributed by atoms with Crippen LogP contribution in [-0.4, -0.2) is 93.4 Å². The molecule has 4 atom stereocenters. The summed E-state index contributed by atoms with van der Waals surface area (Å²) in [6, 6.07) is 13.1. The van der Waals surface area contributed by atoms with Gasteiger partial charge in [-0.2, -0.15) is 0 Å². The van der Waals surface area contributed by atoms with Crippen molar-refractivity contribution in [1.29, 1.82) is 0 Å². The molecule has 6 heterocycles. The largest absolute Gasteiger partial charge is 0.495 e. The van der Waals surface area contributed by atoms with E-state index in [1.807, 2.05) is 83.9 Å². The Bertz CT molecular complexity index is 2800. The Morgan fingerprint density at radius 3 is 1.30 bits per heavy atom. The minimum Gasteiger partial charge on any atom is -0.495 e. The number of imidazole rings is 2. The van der Waals surface area contributed by atoms with Crippen molar-refractivity contribution in [2.75, 3.05) is 40.6 Å². The Morgan fingerprint density at radius 1 is 0.571 bits per heavy atom. The molecule has 4 aliphatic rings. The summed E-state index contributed by atoms with van der Waals surface area (Å²) >= 11 is 0. The highest BCUT2D eigenvalue weighted by atomic mass is 19.2. The Balaban J connectivity index is 0.000000174. The number of carbonyl (C=O) groups excluding carboxylic acids is 2. The fraction of sp³-hybridized carbons (Fsp3) is 0.308. The number of rotatable bonds is 8. The van der Waals surface area contributed by atoms with Gasteiger partial charge in [-0.1, -0.05) is 12.1 Å². The number of nitrogens with zero attached hydrogens (tertiary/aromatic N) is 6. The van der Waals surface area contributed by atoms with E-state index in [0.717, 1.165) is 58.2 Å². The zero-order valence-electron chi connectivity index (χ0n) is 38.6. The third kappa shape index (κ3) is 9.57. The number of halogens is 6. The molecule has 4 aliphatic heterocycles. The number of aromatic nitrogens is 4. The first-order valence-electron chi connectivity index (χ1n) is 22.6. The first-order chi connectivity index (χ1) is 33.7. The van der Waals surface area contributed by atoms with Crippen LogP contribution in [0.25, 0.3) is 23.5 Å². The fourth-order valence-electron chi connectivity index (χ4n) is 9.53. The molecule has 0 unspecified atom stereocenters. The lowest BCUT2D eigenvalue weighted by molar-refractivity contribution is -0.146. The summed E-state index contributed by atoms with van der Waals surface area (Å²) in [5.41, 5.74) is 6.44. The van der Waals surface area contributed by atoms with Gasteiger partial charge in [0.05, 0.1) is 100 Å². The zero-order valence-corrected chi connectivity index (χ0v) is 38.6. The smallest absolute Gasteiger partial charge is 0.250 e. The quantitative estimate of drug-likeness (QED) is 0.0843. The molecule has 4 fully saturated rings. The highest BCUT2D eigenvalue weighted by Gasteiger charge is 2.42. The molecule has 12 nitrogen and oxygen atoms in total. The molecule has 364 valence electrons. The van der Waals surface area contributed by atoms with E-state index in [1.165, 1.54) is 0 Å². The lowest BCUT2D eigenvalue weighted by Crippen LogP contribution is -2.53. The molecule has 2 amide bonds. The maximum atomic E-state index is 13.9. The molecule has 18 heteroatoms. The minimum atomic E-state index is -1.53. The first kappa shape index (κ1) is 47.9. The van der Waals surface area contributed by atoms with Crippen LogP contribution in [0, 0.1) is 48.8 Å². The fourth-order valence-corrected chi connectivity index (χ4v) is 9.53. The van der Waals surface area contributed by atoms with Crippen molar-refractivity contribution in [3.63, 3.8) is 0 Å². The van der Waals surface area contributed by atoms with Crippen molar-refractivity contribution in [2.45, 2.75) is 63.7 Å². The number of aryl methyl sites for hydroxylation is 2. The summed E-state index contributed by atoms with van der Waals surface area (Å²) in [7, 11) is 3.16. The second-order valence-corrected chi connectivity index (χ2v) is 17.6. The monoisotopic (exact) mass is 966 g/mol. The van der Waals surface area contributed by atoms with E-state index in [0.29, 0.717) is 61.5 Å². The Hall–Kier alpha value is -7.18. The highest BCUT2D eigenvalue weighted by Crippen LogP contribution is 2.39. The summed E-state index contributed by atoms with van der Waals surface area (Å²) in [4.78, 5) is 38.8. The molecule has 0 radical (unpaired) electrons. The maximum absolute atomic E-state index is 13.9. The summed E-state index contributed by atoms with van der Waals surface area (Å²) in [6.07, 6.45) is 13.2. The first-order valence-corrected chi connectivity index (χ1v) is 22.6. The van der Waals surface area contributed by atoms with Crippen LogP contribution in [-0.2, 0) is 19.1 Å². The topological polar surface area (TPSA) is 113 Å². The number of amides is 2. The number of methoxy groups -OCH3 is 2. The lowest BCUT2D eigenvalue weighted by atomic mass is 9.91. The average Bonchev–Trinajstić information content (AvgIpc) is 4.01. The molecule has 0 N–H and O–H groups in total. The van der Waals surface area contributed by atoms with Gasteiger partial charge in [0.15, 0.2) is 34.9 Å². The third-order valence-electron chi connectivity index (χ3n) is 13.0. The second kappa shape index (κ2) is 20.0. The van der Waals surface area contributed by atoms with Gasteiger partial charge < -0.3 is 37.9 Å². The van der Waals surface area contributed by atoms with Gasteiger partial charge in [0.25, 0.3) is 11.8 Å². The van der Waals surface area contributed by atoms with E-state index in [-0.39, 0.29) is 48.2 Å². The normalized spacial score (nSPS) is 21.3. The van der Waals surface area contributed by atoms with Crippen LogP contribution in [0.5, 0.6) is 11.5 Å². The van der Waals surface area contributed by atoms with Gasteiger partial charge in [-0.05, 0) is 122 Å². The summed E-state index contributed by atoms with van der Waals surface area (Å²) in [5.74, 6) is -7.43. The van der Waals surface area contributed by atoms with Crippen molar-refractivity contribution < 1.29 is 54.9 Å². The van der Waals surface area contributed by atoms with Crippen LogP contribution >= 0.6 is 0 Å². The number of morpholine rings is 2. The molecule has 4 aromatic carbocycles. The number of piperidine rings is 2. The van der Waals surface area contributed by atoms with Crippen molar-refractivity contribution in [3.05, 3.63) is 165 Å². The van der Waals surface area contributed by atoms with Gasteiger partial charge in [-0.25, -0.2) is 36.3 Å². The summed E-state index contributed by atoms with van der Waals surface area (Å²) in [6.45, 7) is 4.64. The SMILES string of the molecule is COc1cc(/C=C2\CC[C@@H]3COC[C@H](c4cc(F)c(F)c(F)c4)N3C2=O)ccc1-n1cnc(C)c1.COc1cc(/C=C2\CC[C@H]3COC[C@@H](c4cc(F)c(F)c(F)c4)N3C2=O)ccc1-n1cnc(C)c1. The summed E-state index contributed by atoms with van der Waals surface area (Å²) < 4.78 is 109. The number of hydrogen-bond donors (Lipinski definition) is 0. The molecule has 70 heavy (non-hydrogen) atoms. The molecular formula is C52H48F6N6O6. The van der Waals surface area contributed by atoms with Crippen LogP contribution in [0.15, 0.2) is 96.9 Å². The van der Waals surface area contributed by atoms with Gasteiger partial charge in [0.1, 0.15) is 11.5 Å². The second-order valence-electron chi connectivity index (χ2n) is 17.6. The molecule has 0 aliphatic carbocycles. The minimum absolute atomic E-state index is 0.0763. The van der Waals surface area contributed by atoms with Gasteiger partial charge in [0.2, 0.25) is 0 Å². The summed E-state index contributed by atoms with van der Waals surface area (Å²) in [5, 5.41) is 0. The van der Waals surface area contributed by atoms with E-state index < -0.39 is 47.0 Å². The number of ether oxygens (including phenoxy) is 4. The van der Waals surface area contributed by atoms with E-state index in [4.69, 9.17) is 18.9 Å². The predicted molar refractivity (Wildman–Crippen MR) is 245 cm³/mol. The Labute approximate surface area is 399 Å². The molecular weight excluding hydrogens is 919 g/mol. The van der Waals surface area contributed by atoms with E-state index >= 15 is 0 Å². The van der Waals surface area contributed by atoms with Crippen molar-refractivity contribution >= 4 is 24.0 Å². The predicted octanol–water partition coefficient (Wildman–Crippen LogP) is 9.51. The van der Waals surface area contributed by atoms with E-state index in [9.17, 15) is 35.9 Å². The van der Waals surface area contributed by atoms with Crippen molar-refractivity contribution in [1.82, 2.24) is 28.9 Å².